The predicted octanol–water partition coefficient (Wildman–Crippen LogP) is 3.32. The largest absolute Gasteiger partial charge is 0.384 e. The normalized spacial score (nSPS) is 10.1. The molecule has 80 valence electrons. The monoisotopic (exact) mass is 202 g/mol. The lowest BCUT2D eigenvalue weighted by atomic mass is 10.1. The van der Waals surface area contributed by atoms with Crippen LogP contribution in [0.15, 0.2) is 18.2 Å². The van der Waals surface area contributed by atoms with Gasteiger partial charge in [-0.1, -0.05) is 26.0 Å². The van der Waals surface area contributed by atoms with Crippen molar-refractivity contribution < 1.29 is 0 Å². The molecule has 1 aromatic carbocycles. The van der Waals surface area contributed by atoms with E-state index in [9.17, 15) is 0 Å². The SMILES string of the molecule is Cc1cccc(NCCC(C)C)c1C#N. The first-order valence-electron chi connectivity index (χ1n) is 5.38. The highest BCUT2D eigenvalue weighted by atomic mass is 14.9. The molecule has 0 fully saturated rings. The average molecular weight is 202 g/mol. The Morgan fingerprint density at radius 3 is 2.73 bits per heavy atom. The van der Waals surface area contributed by atoms with Gasteiger partial charge in [-0.3, -0.25) is 0 Å². The molecule has 2 nitrogen and oxygen atoms in total. The van der Waals surface area contributed by atoms with Crippen LogP contribution >= 0.6 is 0 Å². The summed E-state index contributed by atoms with van der Waals surface area (Å²) in [5.74, 6) is 0.688. The van der Waals surface area contributed by atoms with Crippen molar-refractivity contribution in [2.75, 3.05) is 11.9 Å². The first kappa shape index (κ1) is 11.6. The van der Waals surface area contributed by atoms with Gasteiger partial charge in [0.05, 0.1) is 11.3 Å². The Hall–Kier alpha value is -1.49. The van der Waals surface area contributed by atoms with Crippen molar-refractivity contribution in [3.63, 3.8) is 0 Å². The molecule has 0 heterocycles. The van der Waals surface area contributed by atoms with E-state index in [2.05, 4.69) is 25.2 Å². The minimum atomic E-state index is 0.688. The summed E-state index contributed by atoms with van der Waals surface area (Å²) in [6.45, 7) is 7.29. The van der Waals surface area contributed by atoms with Crippen LogP contribution in [0.25, 0.3) is 0 Å². The molecular formula is C13H18N2. The molecule has 0 amide bonds. The zero-order chi connectivity index (χ0) is 11.3. The first-order chi connectivity index (χ1) is 7.15. The Morgan fingerprint density at radius 1 is 1.40 bits per heavy atom. The second-order valence-corrected chi connectivity index (χ2v) is 4.22. The van der Waals surface area contributed by atoms with E-state index in [-0.39, 0.29) is 0 Å². The summed E-state index contributed by atoms with van der Waals surface area (Å²) >= 11 is 0. The summed E-state index contributed by atoms with van der Waals surface area (Å²) in [6.07, 6.45) is 1.12. The summed E-state index contributed by atoms with van der Waals surface area (Å²) < 4.78 is 0. The van der Waals surface area contributed by atoms with Crippen molar-refractivity contribution in [1.29, 1.82) is 5.26 Å². The van der Waals surface area contributed by atoms with Crippen molar-refractivity contribution in [2.24, 2.45) is 5.92 Å². The molecule has 1 aromatic rings. The minimum Gasteiger partial charge on any atom is -0.384 e. The van der Waals surface area contributed by atoms with E-state index in [1.165, 1.54) is 0 Å². The van der Waals surface area contributed by atoms with Gasteiger partial charge >= 0.3 is 0 Å². The molecule has 0 aliphatic rings. The molecule has 0 atom stereocenters. The molecule has 0 aliphatic heterocycles. The number of anilines is 1. The van der Waals surface area contributed by atoms with E-state index < -0.39 is 0 Å². The zero-order valence-corrected chi connectivity index (χ0v) is 9.67. The van der Waals surface area contributed by atoms with Crippen LogP contribution in [0.4, 0.5) is 5.69 Å². The molecule has 0 aromatic heterocycles. The van der Waals surface area contributed by atoms with E-state index in [4.69, 9.17) is 5.26 Å². The van der Waals surface area contributed by atoms with Crippen LogP contribution in [0.3, 0.4) is 0 Å². The van der Waals surface area contributed by atoms with Gasteiger partial charge in [0.2, 0.25) is 0 Å². The fourth-order valence-corrected chi connectivity index (χ4v) is 1.46. The van der Waals surface area contributed by atoms with Gasteiger partial charge in [0.25, 0.3) is 0 Å². The second kappa shape index (κ2) is 5.41. The van der Waals surface area contributed by atoms with Gasteiger partial charge in [-0.25, -0.2) is 0 Å². The van der Waals surface area contributed by atoms with E-state index in [1.807, 2.05) is 25.1 Å². The number of nitrogens with one attached hydrogen (secondary N) is 1. The van der Waals surface area contributed by atoms with Crippen LogP contribution in [-0.4, -0.2) is 6.54 Å². The van der Waals surface area contributed by atoms with Crippen LogP contribution in [0.5, 0.6) is 0 Å². The second-order valence-electron chi connectivity index (χ2n) is 4.22. The molecule has 0 saturated carbocycles. The number of hydrogen-bond acceptors (Lipinski definition) is 2. The number of nitriles is 1. The molecule has 0 radical (unpaired) electrons. The molecule has 0 bridgehead atoms. The minimum absolute atomic E-state index is 0.688. The quantitative estimate of drug-likeness (QED) is 0.813. The van der Waals surface area contributed by atoms with Crippen LogP contribution in [0, 0.1) is 24.2 Å². The Kier molecular flexibility index (Phi) is 4.17. The highest BCUT2D eigenvalue weighted by Gasteiger charge is 2.03. The lowest BCUT2D eigenvalue weighted by Gasteiger charge is -2.10. The molecule has 0 unspecified atom stereocenters. The zero-order valence-electron chi connectivity index (χ0n) is 9.67. The van der Waals surface area contributed by atoms with Gasteiger partial charge < -0.3 is 5.32 Å². The summed E-state index contributed by atoms with van der Waals surface area (Å²) in [6, 6.07) is 8.15. The highest BCUT2D eigenvalue weighted by molar-refractivity contribution is 5.60. The summed E-state index contributed by atoms with van der Waals surface area (Å²) in [5.41, 5.74) is 2.76. The maximum Gasteiger partial charge on any atom is 0.102 e. The number of hydrogen-bond donors (Lipinski definition) is 1. The smallest absolute Gasteiger partial charge is 0.102 e. The molecule has 15 heavy (non-hydrogen) atoms. The predicted molar refractivity (Wildman–Crippen MR) is 63.8 cm³/mol. The van der Waals surface area contributed by atoms with Crippen LogP contribution in [-0.2, 0) is 0 Å². The lowest BCUT2D eigenvalue weighted by Crippen LogP contribution is -2.06. The Bertz CT molecular complexity index is 361. The van der Waals surface area contributed by atoms with E-state index >= 15 is 0 Å². The average Bonchev–Trinajstić information content (AvgIpc) is 2.17. The molecule has 1 N–H and O–H groups in total. The van der Waals surface area contributed by atoms with Gasteiger partial charge in [-0.2, -0.15) is 5.26 Å². The van der Waals surface area contributed by atoms with Gasteiger partial charge in [0, 0.05) is 6.54 Å². The third-order valence-corrected chi connectivity index (χ3v) is 2.42. The van der Waals surface area contributed by atoms with Crippen molar-refractivity contribution in [3.05, 3.63) is 29.3 Å². The summed E-state index contributed by atoms with van der Waals surface area (Å²) in [5, 5.41) is 12.3. The van der Waals surface area contributed by atoms with E-state index in [1.54, 1.807) is 0 Å². The van der Waals surface area contributed by atoms with Gasteiger partial charge in [-0.15, -0.1) is 0 Å². The number of rotatable bonds is 4. The first-order valence-corrected chi connectivity index (χ1v) is 5.38. The Morgan fingerprint density at radius 2 is 2.13 bits per heavy atom. The maximum atomic E-state index is 9.02. The summed E-state index contributed by atoms with van der Waals surface area (Å²) in [7, 11) is 0. The van der Waals surface area contributed by atoms with Crippen LogP contribution < -0.4 is 5.32 Å². The van der Waals surface area contributed by atoms with Crippen molar-refractivity contribution in [3.8, 4) is 6.07 Å². The highest BCUT2D eigenvalue weighted by Crippen LogP contribution is 2.18. The molecule has 0 spiro atoms. The number of benzene rings is 1. The Balaban J connectivity index is 2.69. The number of nitrogens with zero attached hydrogens (tertiary/aromatic N) is 1. The lowest BCUT2D eigenvalue weighted by molar-refractivity contribution is 0.607. The molecular weight excluding hydrogens is 184 g/mol. The molecule has 0 aliphatic carbocycles. The third-order valence-electron chi connectivity index (χ3n) is 2.42. The van der Waals surface area contributed by atoms with Crippen LogP contribution in [0.2, 0.25) is 0 Å². The number of aryl methyl sites for hydroxylation is 1. The third kappa shape index (κ3) is 3.28. The van der Waals surface area contributed by atoms with Crippen molar-refractivity contribution in [2.45, 2.75) is 27.2 Å². The summed E-state index contributed by atoms with van der Waals surface area (Å²) in [4.78, 5) is 0. The molecule has 0 saturated heterocycles. The maximum absolute atomic E-state index is 9.02. The Labute approximate surface area is 91.9 Å². The van der Waals surface area contributed by atoms with Gasteiger partial charge in [0.15, 0.2) is 0 Å². The van der Waals surface area contributed by atoms with Crippen molar-refractivity contribution >= 4 is 5.69 Å². The van der Waals surface area contributed by atoms with Gasteiger partial charge in [-0.05, 0) is 30.9 Å². The fourth-order valence-electron chi connectivity index (χ4n) is 1.46. The van der Waals surface area contributed by atoms with E-state index in [0.717, 1.165) is 29.8 Å². The van der Waals surface area contributed by atoms with Crippen molar-refractivity contribution in [1.82, 2.24) is 0 Å². The standard InChI is InChI=1S/C13H18N2/c1-10(2)7-8-15-13-6-4-5-11(3)12(13)9-14/h4-6,10,15H,7-8H2,1-3H3. The fraction of sp³-hybridized carbons (Fsp3) is 0.462. The van der Waals surface area contributed by atoms with Crippen LogP contribution in [0.1, 0.15) is 31.4 Å². The molecule has 1 rings (SSSR count). The topological polar surface area (TPSA) is 35.8 Å². The van der Waals surface area contributed by atoms with Gasteiger partial charge in [0.1, 0.15) is 6.07 Å². The molecule has 2 heteroatoms. The van der Waals surface area contributed by atoms with E-state index in [0.29, 0.717) is 5.92 Å².